The molecule has 0 bridgehead atoms. The zero-order valence-electron chi connectivity index (χ0n) is 21.7. The van der Waals surface area contributed by atoms with E-state index in [1.54, 1.807) is 12.1 Å². The number of aryl methyl sites for hydroxylation is 2. The minimum absolute atomic E-state index is 0.00898. The van der Waals surface area contributed by atoms with E-state index in [9.17, 15) is 10.1 Å². The predicted molar refractivity (Wildman–Crippen MR) is 156 cm³/mol. The van der Waals surface area contributed by atoms with Crippen molar-refractivity contribution in [2.45, 2.75) is 33.8 Å². The number of rotatable bonds is 9. The maximum absolute atomic E-state index is 12.9. The number of para-hydroxylation sites is 1. The van der Waals surface area contributed by atoms with Gasteiger partial charge in [0.05, 0.1) is 11.1 Å². The van der Waals surface area contributed by atoms with Crippen molar-refractivity contribution in [3.8, 4) is 17.6 Å². The second-order valence-corrected chi connectivity index (χ2v) is 9.62. The molecule has 38 heavy (non-hydrogen) atoms. The molecule has 1 amide bonds. The van der Waals surface area contributed by atoms with Crippen molar-refractivity contribution >= 4 is 44.4 Å². The van der Waals surface area contributed by atoms with Crippen molar-refractivity contribution < 1.29 is 14.3 Å². The summed E-state index contributed by atoms with van der Waals surface area (Å²) >= 11 is 3.61. The molecule has 0 radical (unpaired) electrons. The van der Waals surface area contributed by atoms with Gasteiger partial charge in [-0.2, -0.15) is 5.26 Å². The van der Waals surface area contributed by atoms with Crippen LogP contribution in [-0.4, -0.2) is 12.5 Å². The first-order valence-corrected chi connectivity index (χ1v) is 13.3. The number of nitriles is 1. The first-order chi connectivity index (χ1) is 18.4. The highest BCUT2D eigenvalue weighted by atomic mass is 79.9. The number of benzene rings is 4. The van der Waals surface area contributed by atoms with Crippen LogP contribution < -0.4 is 14.8 Å². The molecule has 0 aliphatic rings. The summed E-state index contributed by atoms with van der Waals surface area (Å²) in [6, 6.07) is 25.6. The largest absolute Gasteiger partial charge is 0.490 e. The first-order valence-electron chi connectivity index (χ1n) is 12.5. The molecule has 4 aromatic carbocycles. The Labute approximate surface area is 231 Å². The maximum atomic E-state index is 12.9. The molecule has 5 nitrogen and oxygen atoms in total. The van der Waals surface area contributed by atoms with Crippen molar-refractivity contribution in [1.29, 1.82) is 5.26 Å². The topological polar surface area (TPSA) is 71.3 Å². The predicted octanol–water partition coefficient (Wildman–Crippen LogP) is 8.00. The van der Waals surface area contributed by atoms with Crippen LogP contribution in [0.2, 0.25) is 0 Å². The van der Waals surface area contributed by atoms with E-state index in [4.69, 9.17) is 9.47 Å². The molecule has 1 N–H and O–H groups in total. The number of carbonyl (C=O) groups is 1. The molecule has 4 aromatic rings. The number of anilines is 1. The van der Waals surface area contributed by atoms with Crippen LogP contribution in [0.1, 0.15) is 36.1 Å². The third kappa shape index (κ3) is 6.07. The SMILES string of the molecule is CCOc1cc(/C=C(\C#N)C(=O)Nc2ccccc2CC)cc(Br)c1OCc1c(C)ccc2ccccc12. The lowest BCUT2D eigenvalue weighted by Crippen LogP contribution is -2.14. The smallest absolute Gasteiger partial charge is 0.266 e. The number of ether oxygens (including phenoxy) is 2. The fourth-order valence-corrected chi connectivity index (χ4v) is 4.88. The Kier molecular flexibility index (Phi) is 8.83. The quantitative estimate of drug-likeness (QED) is 0.164. The van der Waals surface area contributed by atoms with Gasteiger partial charge in [-0.3, -0.25) is 4.79 Å². The normalized spacial score (nSPS) is 11.2. The van der Waals surface area contributed by atoms with Crippen molar-refractivity contribution in [3.05, 3.63) is 105 Å². The molecule has 0 spiro atoms. The Morgan fingerprint density at radius 3 is 2.55 bits per heavy atom. The van der Waals surface area contributed by atoms with Crippen LogP contribution >= 0.6 is 15.9 Å². The summed E-state index contributed by atoms with van der Waals surface area (Å²) in [6.45, 7) is 6.79. The lowest BCUT2D eigenvalue weighted by atomic mass is 10.0. The minimum Gasteiger partial charge on any atom is -0.490 e. The molecular weight excluding hydrogens is 540 g/mol. The molecule has 0 aliphatic carbocycles. The van der Waals surface area contributed by atoms with Gasteiger partial charge >= 0.3 is 0 Å². The number of hydrogen-bond acceptors (Lipinski definition) is 4. The molecule has 0 aromatic heterocycles. The van der Waals surface area contributed by atoms with E-state index >= 15 is 0 Å². The number of carbonyl (C=O) groups excluding carboxylic acids is 1. The van der Waals surface area contributed by atoms with Crippen LogP contribution in [0.15, 0.2) is 82.8 Å². The highest BCUT2D eigenvalue weighted by Crippen LogP contribution is 2.38. The average molecular weight is 569 g/mol. The van der Waals surface area contributed by atoms with E-state index in [0.717, 1.165) is 33.9 Å². The Morgan fingerprint density at radius 1 is 1.03 bits per heavy atom. The standard InChI is InChI=1S/C32H29BrN2O3/c1-4-23-10-7-9-13-29(23)35-32(36)25(19-34)16-22-17-28(33)31(30(18-22)37-5-2)38-20-27-21(3)14-15-24-11-6-8-12-26(24)27/h6-18H,4-5,20H2,1-3H3,(H,35,36)/b25-16+. The van der Waals surface area contributed by atoms with E-state index in [0.29, 0.717) is 40.4 Å². The van der Waals surface area contributed by atoms with Gasteiger partial charge in [-0.15, -0.1) is 0 Å². The van der Waals surface area contributed by atoms with Gasteiger partial charge in [0.15, 0.2) is 11.5 Å². The molecule has 0 saturated carbocycles. The maximum Gasteiger partial charge on any atom is 0.266 e. The summed E-state index contributed by atoms with van der Waals surface area (Å²) in [4.78, 5) is 12.9. The first kappa shape index (κ1) is 27.0. The molecule has 0 aliphatic heterocycles. The van der Waals surface area contributed by atoms with E-state index < -0.39 is 5.91 Å². The monoisotopic (exact) mass is 568 g/mol. The molecule has 0 unspecified atom stereocenters. The minimum atomic E-state index is -0.464. The van der Waals surface area contributed by atoms with Gasteiger partial charge in [0.1, 0.15) is 18.2 Å². The molecule has 0 saturated heterocycles. The fraction of sp³-hybridized carbons (Fsp3) is 0.188. The number of nitrogens with zero attached hydrogens (tertiary/aromatic N) is 1. The van der Waals surface area contributed by atoms with Crippen LogP contribution in [0.4, 0.5) is 5.69 Å². The molecule has 6 heteroatoms. The highest BCUT2D eigenvalue weighted by Gasteiger charge is 2.16. The van der Waals surface area contributed by atoms with Crippen LogP contribution in [0, 0.1) is 18.3 Å². The number of nitrogens with one attached hydrogen (secondary N) is 1. The lowest BCUT2D eigenvalue weighted by Gasteiger charge is -2.17. The number of fused-ring (bicyclic) bond motifs is 1. The molecular formula is C32H29BrN2O3. The lowest BCUT2D eigenvalue weighted by molar-refractivity contribution is -0.112. The van der Waals surface area contributed by atoms with Crippen LogP contribution in [0.3, 0.4) is 0 Å². The summed E-state index contributed by atoms with van der Waals surface area (Å²) in [5.41, 5.74) is 4.59. The van der Waals surface area contributed by atoms with Gasteiger partial charge in [-0.25, -0.2) is 0 Å². The number of hydrogen-bond donors (Lipinski definition) is 1. The molecule has 0 atom stereocenters. The van der Waals surface area contributed by atoms with Gasteiger partial charge in [-0.05, 0) is 87.9 Å². The fourth-order valence-electron chi connectivity index (χ4n) is 4.31. The van der Waals surface area contributed by atoms with E-state index in [1.165, 1.54) is 0 Å². The van der Waals surface area contributed by atoms with Gasteiger partial charge in [-0.1, -0.05) is 61.5 Å². The Hall–Kier alpha value is -4.08. The number of amides is 1. The van der Waals surface area contributed by atoms with E-state index in [1.807, 2.05) is 62.4 Å². The second-order valence-electron chi connectivity index (χ2n) is 8.77. The molecule has 0 heterocycles. The van der Waals surface area contributed by atoms with E-state index in [2.05, 4.69) is 52.4 Å². The average Bonchev–Trinajstić information content (AvgIpc) is 2.92. The Bertz CT molecular complexity index is 1550. The Morgan fingerprint density at radius 2 is 1.79 bits per heavy atom. The summed E-state index contributed by atoms with van der Waals surface area (Å²) in [5.74, 6) is 0.630. The summed E-state index contributed by atoms with van der Waals surface area (Å²) in [7, 11) is 0. The van der Waals surface area contributed by atoms with Crippen LogP contribution in [0.5, 0.6) is 11.5 Å². The van der Waals surface area contributed by atoms with Gasteiger partial charge in [0.25, 0.3) is 5.91 Å². The third-order valence-corrected chi connectivity index (χ3v) is 6.88. The summed E-state index contributed by atoms with van der Waals surface area (Å²) in [6.07, 6.45) is 2.32. The zero-order valence-corrected chi connectivity index (χ0v) is 23.3. The zero-order chi connectivity index (χ0) is 27.1. The molecule has 192 valence electrons. The van der Waals surface area contributed by atoms with Crippen LogP contribution in [0.25, 0.3) is 16.8 Å². The van der Waals surface area contributed by atoms with Crippen molar-refractivity contribution in [3.63, 3.8) is 0 Å². The highest BCUT2D eigenvalue weighted by molar-refractivity contribution is 9.10. The van der Waals surface area contributed by atoms with Crippen LogP contribution in [-0.2, 0) is 17.8 Å². The van der Waals surface area contributed by atoms with Gasteiger partial charge in [0, 0.05) is 11.3 Å². The van der Waals surface area contributed by atoms with Crippen molar-refractivity contribution in [1.82, 2.24) is 0 Å². The van der Waals surface area contributed by atoms with Gasteiger partial charge in [0.2, 0.25) is 0 Å². The van der Waals surface area contributed by atoms with E-state index in [-0.39, 0.29) is 5.57 Å². The summed E-state index contributed by atoms with van der Waals surface area (Å²) < 4.78 is 12.9. The van der Waals surface area contributed by atoms with Crippen molar-refractivity contribution in [2.24, 2.45) is 0 Å². The summed E-state index contributed by atoms with van der Waals surface area (Å²) in [5, 5.41) is 14.9. The van der Waals surface area contributed by atoms with Gasteiger partial charge < -0.3 is 14.8 Å². The Balaban J connectivity index is 1.62. The second kappa shape index (κ2) is 12.4. The number of halogens is 1. The molecule has 0 fully saturated rings. The third-order valence-electron chi connectivity index (χ3n) is 6.29. The van der Waals surface area contributed by atoms with Crippen molar-refractivity contribution in [2.75, 3.05) is 11.9 Å². The molecule has 4 rings (SSSR count).